The zero-order chi connectivity index (χ0) is 18.9. The van der Waals surface area contributed by atoms with Crippen LogP contribution in [-0.2, 0) is 11.2 Å². The monoisotopic (exact) mass is 483 g/mol. The second-order valence-electron chi connectivity index (χ2n) is 5.35. The van der Waals surface area contributed by atoms with Gasteiger partial charge in [0.1, 0.15) is 0 Å². The van der Waals surface area contributed by atoms with Crippen LogP contribution >= 0.6 is 31.9 Å². The van der Waals surface area contributed by atoms with Gasteiger partial charge in [0.05, 0.1) is 11.1 Å². The molecule has 0 bridgehead atoms. The molecule has 0 aliphatic heterocycles. The molecule has 0 heterocycles. The number of carbonyl (C=O) groups is 2. The summed E-state index contributed by atoms with van der Waals surface area (Å²) in [6.45, 7) is 2.61. The van der Waals surface area contributed by atoms with Gasteiger partial charge in [-0.25, -0.2) is 0 Å². The summed E-state index contributed by atoms with van der Waals surface area (Å²) in [5.41, 5.74) is 1.59. The number of benzene rings is 2. The van der Waals surface area contributed by atoms with Crippen molar-refractivity contribution in [2.24, 2.45) is 0 Å². The van der Waals surface area contributed by atoms with Gasteiger partial charge in [0.2, 0.25) is 0 Å². The van der Waals surface area contributed by atoms with Crippen molar-refractivity contribution >= 4 is 44.1 Å². The Hall–Kier alpha value is -1.86. The van der Waals surface area contributed by atoms with E-state index in [1.807, 2.05) is 37.3 Å². The van der Waals surface area contributed by atoms with Crippen LogP contribution in [0, 0.1) is 0 Å². The van der Waals surface area contributed by atoms with Crippen LogP contribution in [0.15, 0.2) is 45.3 Å². The van der Waals surface area contributed by atoms with Crippen molar-refractivity contribution in [1.82, 2.24) is 5.32 Å². The van der Waals surface area contributed by atoms with Gasteiger partial charge in [0.25, 0.3) is 5.91 Å². The highest BCUT2D eigenvalue weighted by Gasteiger charge is 2.18. The summed E-state index contributed by atoms with van der Waals surface area (Å²) < 4.78 is 12.2. The van der Waals surface area contributed by atoms with Crippen molar-refractivity contribution in [3.05, 3.63) is 56.5 Å². The first kappa shape index (κ1) is 20.5. The molecule has 0 saturated heterocycles. The molecule has 138 valence electrons. The van der Waals surface area contributed by atoms with Gasteiger partial charge in [0, 0.05) is 16.6 Å². The molecule has 0 aliphatic carbocycles. The van der Waals surface area contributed by atoms with Gasteiger partial charge in [-0.3, -0.25) is 9.59 Å². The number of nitrogens with one attached hydrogen (secondary N) is 1. The first-order valence-electron chi connectivity index (χ1n) is 8.10. The van der Waals surface area contributed by atoms with Crippen molar-refractivity contribution in [3.8, 4) is 11.5 Å². The Kier molecular flexibility index (Phi) is 8.12. The normalized spacial score (nSPS) is 10.3. The minimum Gasteiger partial charge on any atom is -0.490 e. The second-order valence-corrected chi connectivity index (χ2v) is 6.93. The van der Waals surface area contributed by atoms with Crippen LogP contribution < -0.4 is 14.8 Å². The molecule has 5 nitrogen and oxygen atoms in total. The Bertz CT molecular complexity index is 766. The molecule has 2 rings (SSSR count). The van der Waals surface area contributed by atoms with Gasteiger partial charge in [-0.1, -0.05) is 30.3 Å². The third-order valence-corrected chi connectivity index (χ3v) is 5.65. The van der Waals surface area contributed by atoms with Crippen LogP contribution in [-0.4, -0.2) is 32.0 Å². The van der Waals surface area contributed by atoms with Crippen LogP contribution in [0.1, 0.15) is 22.8 Å². The summed E-state index contributed by atoms with van der Waals surface area (Å²) in [4.78, 5) is 23.2. The van der Waals surface area contributed by atoms with Crippen LogP contribution in [0.2, 0.25) is 0 Å². The number of rotatable bonds is 9. The average Bonchev–Trinajstić information content (AvgIpc) is 2.65. The lowest BCUT2D eigenvalue weighted by molar-refractivity contribution is -0.123. The van der Waals surface area contributed by atoms with E-state index in [1.54, 1.807) is 6.07 Å². The van der Waals surface area contributed by atoms with Crippen molar-refractivity contribution in [2.75, 3.05) is 19.8 Å². The number of hydrogen-bond acceptors (Lipinski definition) is 4. The third-order valence-electron chi connectivity index (χ3n) is 3.51. The van der Waals surface area contributed by atoms with E-state index < -0.39 is 0 Å². The van der Waals surface area contributed by atoms with Gasteiger partial charge < -0.3 is 14.8 Å². The lowest BCUT2D eigenvalue weighted by Gasteiger charge is -2.15. The smallest absolute Gasteiger partial charge is 0.257 e. The highest BCUT2D eigenvalue weighted by molar-refractivity contribution is 9.13. The predicted octanol–water partition coefficient (Wildman–Crippen LogP) is 4.16. The zero-order valence-corrected chi connectivity index (χ0v) is 17.4. The Morgan fingerprint density at radius 3 is 2.54 bits per heavy atom. The Balaban J connectivity index is 1.96. The van der Waals surface area contributed by atoms with E-state index in [-0.39, 0.29) is 12.5 Å². The van der Waals surface area contributed by atoms with E-state index in [9.17, 15) is 9.59 Å². The fourth-order valence-corrected chi connectivity index (χ4v) is 3.19. The molecule has 0 radical (unpaired) electrons. The number of carbonyl (C=O) groups excluding carboxylic acids is 2. The highest BCUT2D eigenvalue weighted by atomic mass is 79.9. The number of halogens is 2. The van der Waals surface area contributed by atoms with Crippen LogP contribution in [0.5, 0.6) is 11.5 Å². The summed E-state index contributed by atoms with van der Waals surface area (Å²) in [6, 6.07) is 11.5. The molecule has 0 unspecified atom stereocenters. The number of hydrogen-bond donors (Lipinski definition) is 1. The molecule has 0 spiro atoms. The molecule has 0 saturated carbocycles. The first-order valence-corrected chi connectivity index (χ1v) is 9.68. The molecule has 0 atom stereocenters. The lowest BCUT2D eigenvalue weighted by atomic mass is 10.1. The van der Waals surface area contributed by atoms with Crippen molar-refractivity contribution in [2.45, 2.75) is 13.3 Å². The van der Waals surface area contributed by atoms with E-state index >= 15 is 0 Å². The van der Waals surface area contributed by atoms with Crippen LogP contribution in [0.3, 0.4) is 0 Å². The summed E-state index contributed by atoms with van der Waals surface area (Å²) in [7, 11) is 0. The predicted molar refractivity (Wildman–Crippen MR) is 107 cm³/mol. The quantitative estimate of drug-likeness (QED) is 0.543. The number of aldehydes is 1. The minimum atomic E-state index is -0.231. The van der Waals surface area contributed by atoms with Gasteiger partial charge in [-0.2, -0.15) is 0 Å². The molecule has 2 aromatic rings. The standard InChI is InChI=1S/C19H19Br2NO4/c1-2-25-15-10-14(11-23)17(20)18(21)19(15)26-12-16(24)22-9-8-13-6-4-3-5-7-13/h3-7,10-11H,2,8-9,12H2,1H3,(H,22,24). The molecule has 1 N–H and O–H groups in total. The first-order chi connectivity index (χ1) is 12.6. The van der Waals surface area contributed by atoms with Gasteiger partial charge in [-0.15, -0.1) is 0 Å². The van der Waals surface area contributed by atoms with Crippen LogP contribution in [0.25, 0.3) is 0 Å². The van der Waals surface area contributed by atoms with Crippen molar-refractivity contribution < 1.29 is 19.1 Å². The maximum Gasteiger partial charge on any atom is 0.257 e. The Labute approximate surface area is 169 Å². The molecular weight excluding hydrogens is 466 g/mol. The minimum absolute atomic E-state index is 0.152. The molecule has 26 heavy (non-hydrogen) atoms. The van der Waals surface area contributed by atoms with Gasteiger partial charge in [0.15, 0.2) is 24.4 Å². The van der Waals surface area contributed by atoms with Crippen molar-refractivity contribution in [1.29, 1.82) is 0 Å². The number of amides is 1. The highest BCUT2D eigenvalue weighted by Crippen LogP contribution is 2.42. The maximum atomic E-state index is 12.0. The van der Waals surface area contributed by atoms with E-state index in [0.717, 1.165) is 18.3 Å². The fraction of sp³-hybridized carbons (Fsp3) is 0.263. The summed E-state index contributed by atoms with van der Waals surface area (Å²) in [6.07, 6.45) is 1.47. The zero-order valence-electron chi connectivity index (χ0n) is 14.3. The summed E-state index contributed by atoms with van der Waals surface area (Å²) >= 11 is 6.72. The number of ether oxygens (including phenoxy) is 2. The third kappa shape index (κ3) is 5.57. The van der Waals surface area contributed by atoms with E-state index in [1.165, 1.54) is 0 Å². The molecular formula is C19H19Br2NO4. The SMILES string of the molecule is CCOc1cc(C=O)c(Br)c(Br)c1OCC(=O)NCCc1ccccc1. The average molecular weight is 485 g/mol. The maximum absolute atomic E-state index is 12.0. The summed E-state index contributed by atoms with van der Waals surface area (Å²) in [5.74, 6) is 0.551. The van der Waals surface area contributed by atoms with Crippen LogP contribution in [0.4, 0.5) is 0 Å². The topological polar surface area (TPSA) is 64.6 Å². The molecule has 7 heteroatoms. The van der Waals surface area contributed by atoms with Gasteiger partial charge >= 0.3 is 0 Å². The van der Waals surface area contributed by atoms with E-state index in [2.05, 4.69) is 37.2 Å². The molecule has 0 aliphatic rings. The van der Waals surface area contributed by atoms with E-state index in [4.69, 9.17) is 9.47 Å². The Morgan fingerprint density at radius 2 is 1.88 bits per heavy atom. The molecule has 1 amide bonds. The molecule has 2 aromatic carbocycles. The molecule has 0 aromatic heterocycles. The fourth-order valence-electron chi connectivity index (χ4n) is 2.27. The lowest BCUT2D eigenvalue weighted by Crippen LogP contribution is -2.30. The second kappa shape index (κ2) is 10.3. The largest absolute Gasteiger partial charge is 0.490 e. The van der Waals surface area contributed by atoms with Crippen molar-refractivity contribution in [3.63, 3.8) is 0 Å². The molecule has 0 fully saturated rings. The van der Waals surface area contributed by atoms with Gasteiger partial charge in [-0.05, 0) is 56.8 Å². The van der Waals surface area contributed by atoms with E-state index in [0.29, 0.717) is 39.2 Å². The Morgan fingerprint density at radius 1 is 1.15 bits per heavy atom. The summed E-state index contributed by atoms with van der Waals surface area (Å²) in [5, 5.41) is 2.82.